The topological polar surface area (TPSA) is 125 Å². The molecule has 0 radical (unpaired) electrons. The van der Waals surface area contributed by atoms with Crippen LogP contribution < -0.4 is 14.8 Å². The van der Waals surface area contributed by atoms with Crippen molar-refractivity contribution in [2.45, 2.75) is 59.6 Å². The fourth-order valence-electron chi connectivity index (χ4n) is 3.06. The Morgan fingerprint density at radius 1 is 1.17 bits per heavy atom. The highest BCUT2D eigenvalue weighted by molar-refractivity contribution is 5.87. The van der Waals surface area contributed by atoms with E-state index in [9.17, 15) is 14.7 Å². The Labute approximate surface area is 205 Å². The fourth-order valence-corrected chi connectivity index (χ4v) is 3.06. The molecule has 1 atom stereocenters. The number of nitrogens with one attached hydrogen (secondary N) is 1. The number of nitrogens with zero attached hydrogens (tertiary/aromatic N) is 3. The van der Waals surface area contributed by atoms with E-state index in [2.05, 4.69) is 15.4 Å². The van der Waals surface area contributed by atoms with Gasteiger partial charge in [-0.25, -0.2) is 19.3 Å². The van der Waals surface area contributed by atoms with E-state index < -0.39 is 23.7 Å². The number of carbonyl (C=O) groups excluding carboxylic acids is 1. The molecule has 0 saturated carbocycles. The highest BCUT2D eigenvalue weighted by Gasteiger charge is 2.24. The molecule has 10 heteroatoms. The number of aromatic nitrogens is 3. The number of rotatable bonds is 8. The van der Waals surface area contributed by atoms with Crippen LogP contribution in [-0.2, 0) is 9.53 Å². The largest absolute Gasteiger partial charge is 0.497 e. The van der Waals surface area contributed by atoms with E-state index in [1.807, 2.05) is 32.9 Å². The number of pyridine rings is 1. The number of ether oxygens (including phenoxy) is 3. The quantitative estimate of drug-likeness (QED) is 0.476. The number of carboxylic acids is 1. The maximum absolute atomic E-state index is 12.0. The maximum Gasteiger partial charge on any atom is 0.408 e. The molecule has 10 nitrogen and oxygen atoms in total. The molecular formula is C25H34N4O6. The Morgan fingerprint density at radius 2 is 1.89 bits per heavy atom. The minimum atomic E-state index is -1.18. The summed E-state index contributed by atoms with van der Waals surface area (Å²) in [4.78, 5) is 28.2. The summed E-state index contributed by atoms with van der Waals surface area (Å²) < 4.78 is 18.0. The van der Waals surface area contributed by atoms with Gasteiger partial charge < -0.3 is 24.6 Å². The monoisotopic (exact) mass is 486 g/mol. The number of amides is 1. The first kappa shape index (κ1) is 27.4. The molecule has 3 rings (SSSR count). The lowest BCUT2D eigenvalue weighted by Gasteiger charge is -2.22. The van der Waals surface area contributed by atoms with Gasteiger partial charge in [0.15, 0.2) is 5.82 Å². The van der Waals surface area contributed by atoms with Crippen LogP contribution in [0.4, 0.5) is 4.79 Å². The maximum atomic E-state index is 12.0. The zero-order chi connectivity index (χ0) is 26.2. The van der Waals surface area contributed by atoms with Crippen LogP contribution in [0, 0.1) is 6.92 Å². The Bertz CT molecular complexity index is 1150. The third-order valence-electron chi connectivity index (χ3n) is 4.58. The van der Waals surface area contributed by atoms with Gasteiger partial charge in [0.1, 0.15) is 23.1 Å². The molecule has 190 valence electrons. The van der Waals surface area contributed by atoms with Gasteiger partial charge in [-0.1, -0.05) is 13.8 Å². The number of alkyl carbamates (subject to hydrolysis) is 1. The van der Waals surface area contributed by atoms with E-state index in [1.54, 1.807) is 57.0 Å². The predicted octanol–water partition coefficient (Wildman–Crippen LogP) is 4.51. The first-order valence-corrected chi connectivity index (χ1v) is 11.4. The molecule has 2 N–H and O–H groups in total. The molecule has 0 aliphatic heterocycles. The molecule has 0 spiro atoms. The summed E-state index contributed by atoms with van der Waals surface area (Å²) in [5, 5.41) is 17.0. The van der Waals surface area contributed by atoms with Crippen molar-refractivity contribution in [2.75, 3.05) is 13.7 Å². The number of carbonyl (C=O) groups is 2. The molecule has 1 unspecified atom stereocenters. The Balaban J connectivity index is 0.00000210. The number of benzene rings is 1. The number of aryl methyl sites for hydroxylation is 1. The molecule has 1 amide bonds. The SMILES string of the molecule is CC.COc1ccc2c(OCCC(NC(=O)OC(C)(C)C)C(=O)O)cc(-n3ccc(C)n3)nc2c1. The number of hydrogen-bond acceptors (Lipinski definition) is 7. The fraction of sp³-hybridized carbons (Fsp3) is 0.440. The zero-order valence-electron chi connectivity index (χ0n) is 21.3. The molecule has 0 aliphatic rings. The van der Waals surface area contributed by atoms with Gasteiger partial charge in [-0.2, -0.15) is 5.10 Å². The van der Waals surface area contributed by atoms with E-state index >= 15 is 0 Å². The van der Waals surface area contributed by atoms with Crippen LogP contribution in [0.15, 0.2) is 36.5 Å². The predicted molar refractivity (Wildman–Crippen MR) is 132 cm³/mol. The van der Waals surface area contributed by atoms with Crippen LogP contribution in [0.5, 0.6) is 11.5 Å². The molecule has 2 aromatic heterocycles. The highest BCUT2D eigenvalue weighted by atomic mass is 16.6. The van der Waals surface area contributed by atoms with Crippen molar-refractivity contribution in [1.29, 1.82) is 0 Å². The smallest absolute Gasteiger partial charge is 0.408 e. The average Bonchev–Trinajstić information content (AvgIpc) is 3.24. The Hall–Kier alpha value is -3.82. The van der Waals surface area contributed by atoms with Crippen molar-refractivity contribution >= 4 is 23.0 Å². The lowest BCUT2D eigenvalue weighted by Crippen LogP contribution is -2.44. The van der Waals surface area contributed by atoms with Crippen molar-refractivity contribution < 1.29 is 28.9 Å². The van der Waals surface area contributed by atoms with Crippen LogP contribution in [0.2, 0.25) is 0 Å². The van der Waals surface area contributed by atoms with Crippen LogP contribution in [-0.4, -0.2) is 57.3 Å². The second kappa shape index (κ2) is 12.0. The van der Waals surface area contributed by atoms with Crippen LogP contribution in [0.25, 0.3) is 16.7 Å². The summed E-state index contributed by atoms with van der Waals surface area (Å²) in [6.07, 6.45) is 1.02. The Morgan fingerprint density at radius 3 is 2.46 bits per heavy atom. The Kier molecular flexibility index (Phi) is 9.44. The summed E-state index contributed by atoms with van der Waals surface area (Å²) in [6, 6.07) is 7.82. The van der Waals surface area contributed by atoms with Crippen molar-refractivity contribution in [3.8, 4) is 17.3 Å². The lowest BCUT2D eigenvalue weighted by molar-refractivity contribution is -0.139. The number of methoxy groups -OCH3 is 1. The van der Waals surface area contributed by atoms with Gasteiger partial charge in [-0.3, -0.25) is 0 Å². The van der Waals surface area contributed by atoms with E-state index in [-0.39, 0.29) is 13.0 Å². The van der Waals surface area contributed by atoms with Crippen molar-refractivity contribution in [3.05, 3.63) is 42.2 Å². The van der Waals surface area contributed by atoms with Gasteiger partial charge in [-0.15, -0.1) is 0 Å². The van der Waals surface area contributed by atoms with E-state index in [1.165, 1.54) is 0 Å². The molecule has 35 heavy (non-hydrogen) atoms. The summed E-state index contributed by atoms with van der Waals surface area (Å²) in [7, 11) is 1.57. The third kappa shape index (κ3) is 7.87. The highest BCUT2D eigenvalue weighted by Crippen LogP contribution is 2.30. The summed E-state index contributed by atoms with van der Waals surface area (Å²) >= 11 is 0. The van der Waals surface area contributed by atoms with Crippen molar-refractivity contribution in [3.63, 3.8) is 0 Å². The molecule has 0 saturated heterocycles. The minimum absolute atomic E-state index is 0.0325. The van der Waals surface area contributed by atoms with Crippen LogP contribution >= 0.6 is 0 Å². The molecular weight excluding hydrogens is 452 g/mol. The van der Waals surface area contributed by atoms with Gasteiger partial charge in [0.25, 0.3) is 0 Å². The molecule has 1 aromatic carbocycles. The second-order valence-electron chi connectivity index (χ2n) is 8.44. The van der Waals surface area contributed by atoms with E-state index in [0.29, 0.717) is 22.8 Å². The van der Waals surface area contributed by atoms with E-state index in [0.717, 1.165) is 11.1 Å². The summed E-state index contributed by atoms with van der Waals surface area (Å²) in [5.41, 5.74) is 0.737. The number of hydrogen-bond donors (Lipinski definition) is 2. The normalized spacial score (nSPS) is 11.7. The first-order valence-electron chi connectivity index (χ1n) is 11.4. The minimum Gasteiger partial charge on any atom is -0.497 e. The molecule has 0 fully saturated rings. The van der Waals surface area contributed by atoms with Crippen LogP contribution in [0.3, 0.4) is 0 Å². The third-order valence-corrected chi connectivity index (χ3v) is 4.58. The number of aliphatic carboxylic acids is 1. The van der Waals surface area contributed by atoms with Gasteiger partial charge in [0, 0.05) is 30.1 Å². The molecule has 2 heterocycles. The van der Waals surface area contributed by atoms with Crippen LogP contribution in [0.1, 0.15) is 46.7 Å². The molecule has 0 bridgehead atoms. The van der Waals surface area contributed by atoms with Crippen molar-refractivity contribution in [2.24, 2.45) is 0 Å². The van der Waals surface area contributed by atoms with Gasteiger partial charge >= 0.3 is 12.1 Å². The van der Waals surface area contributed by atoms with Crippen molar-refractivity contribution in [1.82, 2.24) is 20.1 Å². The zero-order valence-corrected chi connectivity index (χ0v) is 21.3. The second-order valence-corrected chi connectivity index (χ2v) is 8.44. The molecule has 3 aromatic rings. The number of fused-ring (bicyclic) bond motifs is 1. The standard InChI is InChI=1S/C23H28N4O6.C2H6/c1-14-8-10-27(26-14)20-13-19(16-7-6-15(31-5)12-18(16)24-20)32-11-9-17(21(28)29)25-22(30)33-23(2,3)4;1-2/h6-8,10,12-13,17H,9,11H2,1-5H3,(H,25,30)(H,28,29);1-2H3. The number of carboxylic acid groups (broad SMARTS) is 1. The summed E-state index contributed by atoms with van der Waals surface area (Å²) in [5.74, 6) is 0.511. The van der Waals surface area contributed by atoms with Gasteiger partial charge in [0.05, 0.1) is 24.9 Å². The summed E-state index contributed by atoms with van der Waals surface area (Å²) in [6.45, 7) is 11.0. The lowest BCUT2D eigenvalue weighted by atomic mass is 10.2. The van der Waals surface area contributed by atoms with E-state index in [4.69, 9.17) is 14.2 Å². The molecule has 0 aliphatic carbocycles. The van der Waals surface area contributed by atoms with Gasteiger partial charge in [0.2, 0.25) is 0 Å². The average molecular weight is 487 g/mol. The first-order chi connectivity index (χ1) is 16.6. The van der Waals surface area contributed by atoms with Gasteiger partial charge in [-0.05, 0) is 45.9 Å².